The molecule has 0 spiro atoms. The number of carbonyl (C=O) groups excluding carboxylic acids is 1. The van der Waals surface area contributed by atoms with Crippen LogP contribution in [0.15, 0.2) is 28.9 Å². The lowest BCUT2D eigenvalue weighted by Crippen LogP contribution is -2.43. The lowest BCUT2D eigenvalue weighted by atomic mass is 9.96. The number of hydrogen-bond donors (Lipinski definition) is 2. The summed E-state index contributed by atoms with van der Waals surface area (Å²) in [5.41, 5.74) is 0.786. The van der Waals surface area contributed by atoms with Gasteiger partial charge in [-0.25, -0.2) is 4.79 Å². The van der Waals surface area contributed by atoms with Crippen LogP contribution in [0.2, 0.25) is 0 Å². The van der Waals surface area contributed by atoms with Gasteiger partial charge in [0.1, 0.15) is 0 Å². The second-order valence-electron chi connectivity index (χ2n) is 5.73. The lowest BCUT2D eigenvalue weighted by molar-refractivity contribution is 0.232. The third kappa shape index (κ3) is 4.51. The van der Waals surface area contributed by atoms with Crippen molar-refractivity contribution in [2.24, 2.45) is 0 Å². The minimum absolute atomic E-state index is 0.121. The molecule has 7 nitrogen and oxygen atoms in total. The standard InChI is InChI=1S/C16H21N5O2/c22-16(19-13-6-2-1-3-7-13)18-10-8-14-20-21-15(23-14)12-5-4-9-17-11-12/h4-5,9,11,13H,1-3,6-8,10H2,(H2,18,19,22). The first-order valence-electron chi connectivity index (χ1n) is 8.08. The summed E-state index contributed by atoms with van der Waals surface area (Å²) < 4.78 is 5.57. The Labute approximate surface area is 134 Å². The minimum Gasteiger partial charge on any atom is -0.421 e. The van der Waals surface area contributed by atoms with E-state index < -0.39 is 0 Å². The summed E-state index contributed by atoms with van der Waals surface area (Å²) in [5, 5.41) is 13.8. The zero-order valence-corrected chi connectivity index (χ0v) is 13.0. The summed E-state index contributed by atoms with van der Waals surface area (Å²) in [6, 6.07) is 3.87. The van der Waals surface area contributed by atoms with Gasteiger partial charge >= 0.3 is 6.03 Å². The van der Waals surface area contributed by atoms with Crippen LogP contribution >= 0.6 is 0 Å². The van der Waals surface area contributed by atoms with Crippen molar-refractivity contribution in [3.05, 3.63) is 30.4 Å². The Kier molecular flexibility index (Phi) is 5.18. The SMILES string of the molecule is O=C(NCCc1nnc(-c2cccnc2)o1)NC1CCCCC1. The molecule has 2 aromatic rings. The first kappa shape index (κ1) is 15.5. The van der Waals surface area contributed by atoms with Crippen molar-refractivity contribution in [1.82, 2.24) is 25.8 Å². The molecular weight excluding hydrogens is 294 g/mol. The highest BCUT2D eigenvalue weighted by molar-refractivity contribution is 5.74. The maximum Gasteiger partial charge on any atom is 0.315 e. The van der Waals surface area contributed by atoms with Gasteiger partial charge in [0.05, 0.1) is 5.56 Å². The van der Waals surface area contributed by atoms with Crippen LogP contribution in [0.3, 0.4) is 0 Å². The van der Waals surface area contributed by atoms with E-state index in [1.165, 1.54) is 19.3 Å². The van der Waals surface area contributed by atoms with Gasteiger partial charge in [-0.3, -0.25) is 4.98 Å². The predicted octanol–water partition coefficient (Wildman–Crippen LogP) is 2.31. The number of rotatable bonds is 5. The van der Waals surface area contributed by atoms with E-state index in [-0.39, 0.29) is 6.03 Å². The molecule has 1 saturated carbocycles. The van der Waals surface area contributed by atoms with Crippen LogP contribution in [0.25, 0.3) is 11.5 Å². The third-order valence-electron chi connectivity index (χ3n) is 3.94. The Morgan fingerprint density at radius 2 is 2.13 bits per heavy atom. The monoisotopic (exact) mass is 315 g/mol. The molecule has 0 bridgehead atoms. The highest BCUT2D eigenvalue weighted by Crippen LogP contribution is 2.17. The van der Waals surface area contributed by atoms with E-state index >= 15 is 0 Å². The summed E-state index contributed by atoms with van der Waals surface area (Å²) in [7, 11) is 0. The minimum atomic E-state index is -0.121. The summed E-state index contributed by atoms with van der Waals surface area (Å²) in [6.07, 6.45) is 9.69. The average molecular weight is 315 g/mol. The Hall–Kier alpha value is -2.44. The van der Waals surface area contributed by atoms with Crippen LogP contribution in [-0.4, -0.2) is 33.8 Å². The fraction of sp³-hybridized carbons (Fsp3) is 0.500. The Morgan fingerprint density at radius 1 is 1.26 bits per heavy atom. The molecule has 2 aromatic heterocycles. The lowest BCUT2D eigenvalue weighted by Gasteiger charge is -2.22. The van der Waals surface area contributed by atoms with Gasteiger partial charge in [-0.15, -0.1) is 10.2 Å². The largest absolute Gasteiger partial charge is 0.421 e. The molecule has 2 N–H and O–H groups in total. The second kappa shape index (κ2) is 7.71. The normalized spacial score (nSPS) is 15.3. The average Bonchev–Trinajstić information content (AvgIpc) is 3.05. The third-order valence-corrected chi connectivity index (χ3v) is 3.94. The molecule has 2 heterocycles. The summed E-state index contributed by atoms with van der Waals surface area (Å²) in [4.78, 5) is 15.8. The Balaban J connectivity index is 1.42. The topological polar surface area (TPSA) is 92.9 Å². The van der Waals surface area contributed by atoms with Gasteiger partial charge < -0.3 is 15.1 Å². The van der Waals surface area contributed by atoms with E-state index in [9.17, 15) is 4.79 Å². The van der Waals surface area contributed by atoms with Crippen molar-refractivity contribution >= 4 is 6.03 Å². The molecule has 1 fully saturated rings. The Morgan fingerprint density at radius 3 is 2.91 bits per heavy atom. The molecule has 1 aliphatic carbocycles. The second-order valence-corrected chi connectivity index (χ2v) is 5.73. The zero-order chi connectivity index (χ0) is 15.9. The van der Waals surface area contributed by atoms with Crippen LogP contribution < -0.4 is 10.6 Å². The fourth-order valence-electron chi connectivity index (χ4n) is 2.73. The maximum atomic E-state index is 11.8. The number of nitrogens with zero attached hydrogens (tertiary/aromatic N) is 3. The molecule has 7 heteroatoms. The molecular formula is C16H21N5O2. The number of aromatic nitrogens is 3. The van der Waals surface area contributed by atoms with Crippen molar-refractivity contribution in [2.75, 3.05) is 6.54 Å². The van der Waals surface area contributed by atoms with Gasteiger partial charge in [0.15, 0.2) is 0 Å². The maximum absolute atomic E-state index is 11.8. The van der Waals surface area contributed by atoms with Gasteiger partial charge in [-0.05, 0) is 25.0 Å². The molecule has 0 atom stereocenters. The van der Waals surface area contributed by atoms with E-state index in [0.29, 0.717) is 30.8 Å². The van der Waals surface area contributed by atoms with Crippen molar-refractivity contribution in [2.45, 2.75) is 44.6 Å². The van der Waals surface area contributed by atoms with Crippen molar-refractivity contribution in [1.29, 1.82) is 0 Å². The van der Waals surface area contributed by atoms with Gasteiger partial charge in [-0.1, -0.05) is 19.3 Å². The van der Waals surface area contributed by atoms with E-state index in [1.54, 1.807) is 12.4 Å². The van der Waals surface area contributed by atoms with Crippen LogP contribution in [0.1, 0.15) is 38.0 Å². The van der Waals surface area contributed by atoms with Crippen LogP contribution in [0, 0.1) is 0 Å². The molecule has 122 valence electrons. The van der Waals surface area contributed by atoms with E-state index in [0.717, 1.165) is 18.4 Å². The number of nitrogens with one attached hydrogen (secondary N) is 2. The zero-order valence-electron chi connectivity index (χ0n) is 13.0. The molecule has 0 aromatic carbocycles. The highest BCUT2D eigenvalue weighted by atomic mass is 16.4. The number of carbonyl (C=O) groups is 1. The number of amides is 2. The summed E-state index contributed by atoms with van der Waals surface area (Å²) in [6.45, 7) is 0.466. The first-order valence-corrected chi connectivity index (χ1v) is 8.08. The van der Waals surface area contributed by atoms with E-state index in [2.05, 4.69) is 25.8 Å². The highest BCUT2D eigenvalue weighted by Gasteiger charge is 2.15. The number of hydrogen-bond acceptors (Lipinski definition) is 5. The van der Waals surface area contributed by atoms with Crippen molar-refractivity contribution in [3.63, 3.8) is 0 Å². The molecule has 3 rings (SSSR count). The van der Waals surface area contributed by atoms with Gasteiger partial charge in [0.25, 0.3) is 0 Å². The molecule has 0 unspecified atom stereocenters. The van der Waals surface area contributed by atoms with Gasteiger partial charge in [-0.2, -0.15) is 0 Å². The van der Waals surface area contributed by atoms with Crippen LogP contribution in [-0.2, 0) is 6.42 Å². The smallest absolute Gasteiger partial charge is 0.315 e. The molecule has 0 aliphatic heterocycles. The molecule has 23 heavy (non-hydrogen) atoms. The molecule has 2 amide bonds. The Bertz CT molecular complexity index is 622. The first-order chi connectivity index (χ1) is 11.3. The van der Waals surface area contributed by atoms with Gasteiger partial charge in [0.2, 0.25) is 11.8 Å². The van der Waals surface area contributed by atoms with E-state index in [4.69, 9.17) is 4.42 Å². The van der Waals surface area contributed by atoms with Crippen LogP contribution in [0.5, 0.6) is 0 Å². The number of pyridine rings is 1. The summed E-state index contributed by atoms with van der Waals surface area (Å²) in [5.74, 6) is 0.946. The molecule has 0 saturated heterocycles. The molecule has 0 radical (unpaired) electrons. The quantitative estimate of drug-likeness (QED) is 0.883. The number of urea groups is 1. The van der Waals surface area contributed by atoms with Crippen LogP contribution in [0.4, 0.5) is 4.79 Å². The predicted molar refractivity (Wildman–Crippen MR) is 84.6 cm³/mol. The summed E-state index contributed by atoms with van der Waals surface area (Å²) >= 11 is 0. The molecule has 1 aliphatic rings. The fourth-order valence-corrected chi connectivity index (χ4v) is 2.73. The van der Waals surface area contributed by atoms with Crippen molar-refractivity contribution < 1.29 is 9.21 Å². The van der Waals surface area contributed by atoms with Crippen molar-refractivity contribution in [3.8, 4) is 11.5 Å². The van der Waals surface area contributed by atoms with E-state index in [1.807, 2.05) is 12.1 Å². The van der Waals surface area contributed by atoms with Gasteiger partial charge in [0, 0.05) is 31.4 Å².